The molecule has 1 rings (SSSR count). The molecule has 0 aliphatic rings. The van der Waals surface area contributed by atoms with Crippen LogP contribution >= 0.6 is 12.6 Å². The predicted molar refractivity (Wildman–Crippen MR) is 54.2 cm³/mol. The lowest BCUT2D eigenvalue weighted by Gasteiger charge is -2.02. The summed E-state index contributed by atoms with van der Waals surface area (Å²) in [4.78, 5) is 11.9. The van der Waals surface area contributed by atoms with Crippen molar-refractivity contribution in [2.75, 3.05) is 0 Å². The summed E-state index contributed by atoms with van der Waals surface area (Å²) in [5.74, 6) is 0.394. The van der Waals surface area contributed by atoms with Gasteiger partial charge in [-0.3, -0.25) is 4.79 Å². The van der Waals surface area contributed by atoms with E-state index in [4.69, 9.17) is 4.74 Å². The first-order chi connectivity index (χ1) is 6.22. The molecule has 0 aromatic heterocycles. The Kier molecular flexibility index (Phi) is 3.83. The van der Waals surface area contributed by atoms with Gasteiger partial charge < -0.3 is 4.74 Å². The Balaban J connectivity index is 2.54. The van der Waals surface area contributed by atoms with Crippen LogP contribution in [0.5, 0.6) is 5.75 Å². The van der Waals surface area contributed by atoms with E-state index >= 15 is 0 Å². The van der Waals surface area contributed by atoms with Crippen LogP contribution in [0, 0.1) is 0 Å². The molecule has 0 fully saturated rings. The van der Waals surface area contributed by atoms with E-state index in [9.17, 15) is 4.79 Å². The van der Waals surface area contributed by atoms with Gasteiger partial charge in [0.15, 0.2) is 0 Å². The standard InChI is InChI=1S/C10H12O2S/c1-2-3-10(11)12-8-4-6-9(13)7-5-8/h4-7,13H,2-3H2,1H3. The number of carbonyl (C=O) groups is 1. The Morgan fingerprint density at radius 3 is 2.54 bits per heavy atom. The molecule has 0 radical (unpaired) electrons. The number of thiol groups is 1. The Morgan fingerprint density at radius 1 is 1.38 bits per heavy atom. The molecular weight excluding hydrogens is 184 g/mol. The summed E-state index contributed by atoms with van der Waals surface area (Å²) in [7, 11) is 0. The Morgan fingerprint density at radius 2 is 2.00 bits per heavy atom. The van der Waals surface area contributed by atoms with E-state index in [1.54, 1.807) is 24.3 Å². The lowest BCUT2D eigenvalue weighted by Crippen LogP contribution is -2.06. The third-order valence-corrected chi connectivity index (χ3v) is 1.82. The maximum Gasteiger partial charge on any atom is 0.311 e. The van der Waals surface area contributed by atoms with Crippen molar-refractivity contribution in [2.45, 2.75) is 24.7 Å². The SMILES string of the molecule is CCCC(=O)Oc1ccc(S)cc1. The summed E-state index contributed by atoms with van der Waals surface area (Å²) in [6, 6.07) is 7.04. The van der Waals surface area contributed by atoms with Crippen molar-refractivity contribution in [1.82, 2.24) is 0 Å². The van der Waals surface area contributed by atoms with Crippen LogP contribution in [-0.4, -0.2) is 5.97 Å². The van der Waals surface area contributed by atoms with E-state index in [2.05, 4.69) is 12.6 Å². The summed E-state index contributed by atoms with van der Waals surface area (Å²) in [5, 5.41) is 0. The van der Waals surface area contributed by atoms with Gasteiger partial charge in [-0.2, -0.15) is 0 Å². The Hall–Kier alpha value is -0.960. The van der Waals surface area contributed by atoms with Crippen molar-refractivity contribution in [3.05, 3.63) is 24.3 Å². The number of carbonyl (C=O) groups excluding carboxylic acids is 1. The van der Waals surface area contributed by atoms with Crippen molar-refractivity contribution in [3.8, 4) is 5.75 Å². The fourth-order valence-corrected chi connectivity index (χ4v) is 1.05. The molecular formula is C10H12O2S. The van der Waals surface area contributed by atoms with Gasteiger partial charge in [0.05, 0.1) is 0 Å². The van der Waals surface area contributed by atoms with Gasteiger partial charge in [-0.25, -0.2) is 0 Å². The second-order valence-electron chi connectivity index (χ2n) is 2.72. The minimum absolute atomic E-state index is 0.186. The van der Waals surface area contributed by atoms with Crippen molar-refractivity contribution >= 4 is 18.6 Å². The van der Waals surface area contributed by atoms with Crippen molar-refractivity contribution < 1.29 is 9.53 Å². The number of hydrogen-bond donors (Lipinski definition) is 1. The highest BCUT2D eigenvalue weighted by Gasteiger charge is 2.01. The molecule has 0 aliphatic heterocycles. The van der Waals surface area contributed by atoms with Crippen LogP contribution in [0.25, 0.3) is 0 Å². The highest BCUT2D eigenvalue weighted by atomic mass is 32.1. The Labute approximate surface area is 83.3 Å². The molecule has 2 nitrogen and oxygen atoms in total. The second-order valence-corrected chi connectivity index (χ2v) is 3.23. The van der Waals surface area contributed by atoms with Crippen LogP contribution in [0.15, 0.2) is 29.2 Å². The molecule has 1 aromatic rings. The zero-order chi connectivity index (χ0) is 9.68. The highest BCUT2D eigenvalue weighted by Crippen LogP contribution is 2.14. The minimum Gasteiger partial charge on any atom is -0.427 e. The zero-order valence-electron chi connectivity index (χ0n) is 7.49. The van der Waals surface area contributed by atoms with E-state index in [1.807, 2.05) is 6.92 Å². The molecule has 0 atom stereocenters. The van der Waals surface area contributed by atoms with Crippen LogP contribution in [0.3, 0.4) is 0 Å². The third-order valence-electron chi connectivity index (χ3n) is 1.52. The van der Waals surface area contributed by atoms with Crippen LogP contribution < -0.4 is 4.74 Å². The number of hydrogen-bond acceptors (Lipinski definition) is 3. The maximum atomic E-state index is 11.1. The largest absolute Gasteiger partial charge is 0.427 e. The lowest BCUT2D eigenvalue weighted by molar-refractivity contribution is -0.134. The van der Waals surface area contributed by atoms with E-state index < -0.39 is 0 Å². The molecule has 0 saturated heterocycles. The molecule has 70 valence electrons. The predicted octanol–water partition coefficient (Wildman–Crippen LogP) is 2.68. The normalized spacial score (nSPS) is 9.69. The van der Waals surface area contributed by atoms with E-state index in [0.29, 0.717) is 12.2 Å². The van der Waals surface area contributed by atoms with Crippen LogP contribution in [0.4, 0.5) is 0 Å². The molecule has 3 heteroatoms. The summed E-state index contributed by atoms with van der Waals surface area (Å²) in [6.07, 6.45) is 1.27. The first-order valence-electron chi connectivity index (χ1n) is 4.22. The van der Waals surface area contributed by atoms with E-state index in [-0.39, 0.29) is 5.97 Å². The molecule has 1 aromatic carbocycles. The Bertz CT molecular complexity index is 279. The minimum atomic E-state index is -0.186. The van der Waals surface area contributed by atoms with E-state index in [0.717, 1.165) is 11.3 Å². The fourth-order valence-electron chi connectivity index (χ4n) is 0.901. The summed E-state index contributed by atoms with van der Waals surface area (Å²) >= 11 is 4.12. The van der Waals surface area contributed by atoms with Gasteiger partial charge in [-0.15, -0.1) is 12.6 Å². The average Bonchev–Trinajstić information content (AvgIpc) is 2.09. The van der Waals surface area contributed by atoms with Crippen LogP contribution in [0.2, 0.25) is 0 Å². The highest BCUT2D eigenvalue weighted by molar-refractivity contribution is 7.80. The number of ether oxygens (including phenoxy) is 1. The first kappa shape index (κ1) is 10.1. The van der Waals surface area contributed by atoms with Gasteiger partial charge in [0.25, 0.3) is 0 Å². The van der Waals surface area contributed by atoms with Crippen molar-refractivity contribution in [2.24, 2.45) is 0 Å². The lowest BCUT2D eigenvalue weighted by atomic mass is 10.3. The van der Waals surface area contributed by atoms with Gasteiger partial charge in [0, 0.05) is 11.3 Å². The number of esters is 1. The van der Waals surface area contributed by atoms with Crippen LogP contribution in [0.1, 0.15) is 19.8 Å². The summed E-state index contributed by atoms with van der Waals surface area (Å²) in [5.41, 5.74) is 0. The van der Waals surface area contributed by atoms with Crippen LogP contribution in [-0.2, 0) is 4.79 Å². The molecule has 0 aliphatic carbocycles. The number of benzene rings is 1. The van der Waals surface area contributed by atoms with Gasteiger partial charge in [0.2, 0.25) is 0 Å². The van der Waals surface area contributed by atoms with E-state index in [1.165, 1.54) is 0 Å². The van der Waals surface area contributed by atoms with Gasteiger partial charge in [0.1, 0.15) is 5.75 Å². The molecule has 0 bridgehead atoms. The third kappa shape index (κ3) is 3.51. The molecule has 0 amide bonds. The average molecular weight is 196 g/mol. The van der Waals surface area contributed by atoms with Gasteiger partial charge >= 0.3 is 5.97 Å². The molecule has 13 heavy (non-hydrogen) atoms. The zero-order valence-corrected chi connectivity index (χ0v) is 8.38. The first-order valence-corrected chi connectivity index (χ1v) is 4.67. The van der Waals surface area contributed by atoms with Crippen molar-refractivity contribution in [3.63, 3.8) is 0 Å². The summed E-state index contributed by atoms with van der Waals surface area (Å²) in [6.45, 7) is 1.94. The molecule has 0 unspecified atom stereocenters. The molecule has 0 N–H and O–H groups in total. The quantitative estimate of drug-likeness (QED) is 0.457. The number of rotatable bonds is 3. The molecule has 0 saturated carbocycles. The molecule has 0 heterocycles. The smallest absolute Gasteiger partial charge is 0.311 e. The van der Waals surface area contributed by atoms with Gasteiger partial charge in [-0.1, -0.05) is 6.92 Å². The monoisotopic (exact) mass is 196 g/mol. The van der Waals surface area contributed by atoms with Gasteiger partial charge in [-0.05, 0) is 30.7 Å². The second kappa shape index (κ2) is 4.92. The van der Waals surface area contributed by atoms with Crippen molar-refractivity contribution in [1.29, 1.82) is 0 Å². The fraction of sp³-hybridized carbons (Fsp3) is 0.300. The summed E-state index contributed by atoms with van der Waals surface area (Å²) < 4.78 is 5.04. The topological polar surface area (TPSA) is 26.3 Å². The molecule has 0 spiro atoms. The maximum absolute atomic E-state index is 11.1.